The molecule has 33 heavy (non-hydrogen) atoms. The molecule has 0 radical (unpaired) electrons. The Morgan fingerprint density at radius 2 is 1.94 bits per heavy atom. The summed E-state index contributed by atoms with van der Waals surface area (Å²) < 4.78 is 3.95. The van der Waals surface area contributed by atoms with Crippen LogP contribution in [-0.4, -0.2) is 38.2 Å². The number of carbonyl (C=O) groups excluding carboxylic acids is 1. The molecule has 8 nitrogen and oxygen atoms in total. The van der Waals surface area contributed by atoms with Gasteiger partial charge in [0, 0.05) is 25.0 Å². The summed E-state index contributed by atoms with van der Waals surface area (Å²) in [6.07, 6.45) is 1.70. The van der Waals surface area contributed by atoms with Gasteiger partial charge in [-0.05, 0) is 49.7 Å². The van der Waals surface area contributed by atoms with Crippen LogP contribution in [0.3, 0.4) is 0 Å². The Kier molecular flexibility index (Phi) is 5.69. The second-order valence-electron chi connectivity index (χ2n) is 7.47. The number of amides is 1. The van der Waals surface area contributed by atoms with Crippen molar-refractivity contribution in [2.75, 3.05) is 23.3 Å². The van der Waals surface area contributed by atoms with Crippen LogP contribution in [0.2, 0.25) is 0 Å². The van der Waals surface area contributed by atoms with Crippen LogP contribution >= 0.6 is 22.7 Å². The summed E-state index contributed by atoms with van der Waals surface area (Å²) in [4.78, 5) is 33.8. The van der Waals surface area contributed by atoms with Crippen molar-refractivity contribution in [3.63, 3.8) is 0 Å². The molecule has 5 rings (SSSR count). The zero-order valence-electron chi connectivity index (χ0n) is 18.2. The molecule has 0 saturated carbocycles. The molecule has 0 saturated heterocycles. The van der Waals surface area contributed by atoms with Crippen LogP contribution in [0, 0.1) is 0 Å². The van der Waals surface area contributed by atoms with Gasteiger partial charge in [0.25, 0.3) is 5.91 Å². The van der Waals surface area contributed by atoms with Gasteiger partial charge in [-0.2, -0.15) is 0 Å². The number of hydrogen-bond acceptors (Lipinski definition) is 7. The first kappa shape index (κ1) is 21.4. The molecule has 5 aromatic rings. The number of fused-ring (bicyclic) bond motifs is 2. The molecular weight excluding hydrogens is 456 g/mol. The molecule has 1 aromatic carbocycles. The Morgan fingerprint density at radius 3 is 2.70 bits per heavy atom. The van der Waals surface area contributed by atoms with Crippen molar-refractivity contribution in [2.45, 2.75) is 20.4 Å². The first-order valence-electron chi connectivity index (χ1n) is 10.7. The van der Waals surface area contributed by atoms with E-state index in [1.54, 1.807) is 29.7 Å². The van der Waals surface area contributed by atoms with E-state index in [-0.39, 0.29) is 11.6 Å². The van der Waals surface area contributed by atoms with Gasteiger partial charge in [-0.15, -0.1) is 16.4 Å². The number of aromatic nitrogens is 4. The minimum Gasteiger partial charge on any atom is -0.349 e. The molecule has 0 aliphatic heterocycles. The smallest absolute Gasteiger partial charge is 0.349 e. The number of nitrogens with zero attached hydrogens (tertiary/aromatic N) is 5. The molecule has 0 spiro atoms. The highest BCUT2D eigenvalue weighted by molar-refractivity contribution is 7.29. The first-order valence-corrected chi connectivity index (χ1v) is 12.3. The minimum absolute atomic E-state index is 0.170. The monoisotopic (exact) mass is 478 g/mol. The van der Waals surface area contributed by atoms with Crippen LogP contribution in [0.25, 0.3) is 15.2 Å². The number of pyridine rings is 1. The minimum atomic E-state index is -0.199. The van der Waals surface area contributed by atoms with E-state index in [2.05, 4.69) is 29.2 Å². The van der Waals surface area contributed by atoms with E-state index in [0.29, 0.717) is 22.8 Å². The van der Waals surface area contributed by atoms with Crippen molar-refractivity contribution in [2.24, 2.45) is 0 Å². The van der Waals surface area contributed by atoms with Gasteiger partial charge in [0.05, 0.1) is 16.1 Å². The maximum Gasteiger partial charge on any atom is 0.350 e. The molecule has 0 bridgehead atoms. The van der Waals surface area contributed by atoms with Crippen molar-refractivity contribution in [3.8, 4) is 0 Å². The zero-order chi connectivity index (χ0) is 22.9. The predicted octanol–water partition coefficient (Wildman–Crippen LogP) is 4.31. The summed E-state index contributed by atoms with van der Waals surface area (Å²) in [5.41, 5.74) is 1.94. The lowest BCUT2D eigenvalue weighted by Crippen LogP contribution is -2.21. The van der Waals surface area contributed by atoms with Gasteiger partial charge in [0.15, 0.2) is 10.8 Å². The molecule has 10 heteroatoms. The number of hydrogen-bond donors (Lipinski definition) is 1. The number of anilines is 2. The second kappa shape index (κ2) is 8.80. The van der Waals surface area contributed by atoms with Crippen LogP contribution in [0.4, 0.5) is 10.8 Å². The standard InChI is InChI=1S/C23H22N6O2S2/c1-3-27(4-2)22-25-21-18(33-22)13-17(32-21)20(30)24-16-9-7-8-15(12-16)14-29-23(31)28-11-6-5-10-19(28)26-29/h5-13H,3-4,14H2,1-2H3,(H,24,30). The van der Waals surface area contributed by atoms with Gasteiger partial charge in [0.2, 0.25) is 0 Å². The van der Waals surface area contributed by atoms with Gasteiger partial charge in [-0.3, -0.25) is 9.20 Å². The fraction of sp³-hybridized carbons (Fsp3) is 0.217. The number of benzene rings is 1. The molecule has 1 amide bonds. The van der Waals surface area contributed by atoms with Crippen molar-refractivity contribution in [1.29, 1.82) is 0 Å². The Hall–Kier alpha value is -3.50. The topological polar surface area (TPSA) is 84.5 Å². The van der Waals surface area contributed by atoms with Gasteiger partial charge in [-0.1, -0.05) is 29.5 Å². The third kappa shape index (κ3) is 4.14. The second-order valence-corrected chi connectivity index (χ2v) is 9.51. The SMILES string of the molecule is CCN(CC)c1nc2sc(C(=O)Nc3cccc(Cn4nc5ccccn5c4=O)c3)cc2s1. The van der Waals surface area contributed by atoms with Gasteiger partial charge in [-0.25, -0.2) is 14.5 Å². The summed E-state index contributed by atoms with van der Waals surface area (Å²) in [6, 6.07) is 14.8. The first-order chi connectivity index (χ1) is 16.1. The van der Waals surface area contributed by atoms with Gasteiger partial charge in [0.1, 0.15) is 4.83 Å². The normalized spacial score (nSPS) is 11.3. The number of nitrogens with one attached hydrogen (secondary N) is 1. The maximum absolute atomic E-state index is 12.8. The van der Waals surface area contributed by atoms with Crippen molar-refractivity contribution >= 4 is 54.6 Å². The number of rotatable bonds is 7. The average Bonchev–Trinajstić information content (AvgIpc) is 3.48. The number of thiazole rings is 1. The van der Waals surface area contributed by atoms with Gasteiger partial charge < -0.3 is 10.2 Å². The van der Waals surface area contributed by atoms with Crippen molar-refractivity contribution in [3.05, 3.63) is 75.7 Å². The third-order valence-corrected chi connectivity index (χ3v) is 7.56. The summed E-state index contributed by atoms with van der Waals surface area (Å²) in [5.74, 6) is -0.170. The lowest BCUT2D eigenvalue weighted by atomic mass is 10.2. The highest BCUT2D eigenvalue weighted by atomic mass is 32.1. The van der Waals surface area contributed by atoms with Crippen LogP contribution in [0.15, 0.2) is 59.5 Å². The highest BCUT2D eigenvalue weighted by Gasteiger charge is 2.16. The number of thiophene rings is 1. The van der Waals surface area contributed by atoms with Crippen molar-refractivity contribution < 1.29 is 4.79 Å². The Morgan fingerprint density at radius 1 is 1.09 bits per heavy atom. The molecule has 0 fully saturated rings. The van der Waals surface area contributed by atoms with Gasteiger partial charge >= 0.3 is 5.69 Å². The van der Waals surface area contributed by atoms with Crippen LogP contribution in [-0.2, 0) is 6.54 Å². The van der Waals surface area contributed by atoms with Crippen LogP contribution in [0.5, 0.6) is 0 Å². The van der Waals surface area contributed by atoms with E-state index >= 15 is 0 Å². The highest BCUT2D eigenvalue weighted by Crippen LogP contribution is 2.34. The van der Waals surface area contributed by atoms with Crippen LogP contribution < -0.4 is 15.9 Å². The predicted molar refractivity (Wildman–Crippen MR) is 134 cm³/mol. The Balaban J connectivity index is 1.32. The summed E-state index contributed by atoms with van der Waals surface area (Å²) in [5, 5.41) is 8.32. The molecule has 0 unspecified atom stereocenters. The summed E-state index contributed by atoms with van der Waals surface area (Å²) in [7, 11) is 0. The fourth-order valence-corrected chi connectivity index (χ4v) is 5.88. The van der Waals surface area contributed by atoms with Crippen LogP contribution in [0.1, 0.15) is 29.1 Å². The maximum atomic E-state index is 12.8. The van der Waals surface area contributed by atoms with E-state index in [9.17, 15) is 9.59 Å². The summed E-state index contributed by atoms with van der Waals surface area (Å²) in [6.45, 7) is 6.34. The Labute approximate surface area is 197 Å². The molecule has 4 heterocycles. The molecule has 4 aromatic heterocycles. The molecule has 168 valence electrons. The molecule has 0 aliphatic rings. The lowest BCUT2D eigenvalue weighted by molar-refractivity contribution is 0.103. The largest absolute Gasteiger partial charge is 0.350 e. The molecule has 0 aliphatic carbocycles. The zero-order valence-corrected chi connectivity index (χ0v) is 19.8. The molecular formula is C23H22N6O2S2. The van der Waals surface area contributed by atoms with E-state index in [1.165, 1.54) is 20.4 Å². The number of carbonyl (C=O) groups is 1. The molecule has 1 N–H and O–H groups in total. The average molecular weight is 479 g/mol. The van der Waals surface area contributed by atoms with Crippen molar-refractivity contribution in [1.82, 2.24) is 19.2 Å². The quantitative estimate of drug-likeness (QED) is 0.377. The third-order valence-electron chi connectivity index (χ3n) is 5.34. The Bertz CT molecular complexity index is 1480. The fourth-order valence-electron chi connectivity index (χ4n) is 3.65. The van der Waals surface area contributed by atoms with E-state index in [4.69, 9.17) is 4.98 Å². The van der Waals surface area contributed by atoms with E-state index in [1.807, 2.05) is 36.4 Å². The lowest BCUT2D eigenvalue weighted by Gasteiger charge is -2.16. The van der Waals surface area contributed by atoms with E-state index in [0.717, 1.165) is 33.3 Å². The molecule has 0 atom stereocenters. The van der Waals surface area contributed by atoms with E-state index < -0.39 is 0 Å². The summed E-state index contributed by atoms with van der Waals surface area (Å²) >= 11 is 3.01.